The maximum absolute atomic E-state index is 5.56. The van der Waals surface area contributed by atoms with Gasteiger partial charge in [-0.2, -0.15) is 0 Å². The van der Waals surface area contributed by atoms with Crippen LogP contribution in [0.1, 0.15) is 22.7 Å². The molecule has 2 heteroatoms. The molecule has 1 aliphatic heterocycles. The molecule has 19 heavy (non-hydrogen) atoms. The first kappa shape index (κ1) is 12.2. The normalized spacial score (nSPS) is 14.8. The van der Waals surface area contributed by atoms with Crippen LogP contribution in [0.3, 0.4) is 0 Å². The van der Waals surface area contributed by atoms with E-state index in [2.05, 4.69) is 53.8 Å². The first-order valence-electron chi connectivity index (χ1n) is 6.83. The highest BCUT2D eigenvalue weighted by molar-refractivity contribution is 5.41. The molecule has 0 radical (unpaired) electrons. The number of hydrogen-bond acceptors (Lipinski definition) is 2. The summed E-state index contributed by atoms with van der Waals surface area (Å²) in [7, 11) is 2.03. The standard InChI is InChI=1S/C17H19NO/c1-18-16(11-13-5-3-2-4-6-13)14-7-8-17-15(12-14)9-10-19-17/h2-8,12,16,18H,9-11H2,1H3. The van der Waals surface area contributed by atoms with E-state index in [9.17, 15) is 0 Å². The molecule has 2 nitrogen and oxygen atoms in total. The van der Waals surface area contributed by atoms with E-state index in [1.165, 1.54) is 16.7 Å². The van der Waals surface area contributed by atoms with Crippen molar-refractivity contribution in [1.82, 2.24) is 5.32 Å². The molecule has 1 heterocycles. The van der Waals surface area contributed by atoms with Crippen molar-refractivity contribution in [2.75, 3.05) is 13.7 Å². The minimum absolute atomic E-state index is 0.355. The zero-order chi connectivity index (χ0) is 13.1. The maximum Gasteiger partial charge on any atom is 0.122 e. The van der Waals surface area contributed by atoms with Gasteiger partial charge in [0.15, 0.2) is 0 Å². The van der Waals surface area contributed by atoms with Gasteiger partial charge in [-0.1, -0.05) is 42.5 Å². The number of benzene rings is 2. The van der Waals surface area contributed by atoms with E-state index in [4.69, 9.17) is 4.74 Å². The van der Waals surface area contributed by atoms with Crippen molar-refractivity contribution in [3.05, 3.63) is 65.2 Å². The zero-order valence-electron chi connectivity index (χ0n) is 11.2. The molecule has 0 aliphatic carbocycles. The highest BCUT2D eigenvalue weighted by Gasteiger charge is 2.16. The predicted octanol–water partition coefficient (Wildman–Crippen LogP) is 3.12. The fraction of sp³-hybridized carbons (Fsp3) is 0.294. The van der Waals surface area contributed by atoms with Gasteiger partial charge in [0.1, 0.15) is 5.75 Å². The Labute approximate surface area is 114 Å². The minimum Gasteiger partial charge on any atom is -0.493 e. The Kier molecular flexibility index (Phi) is 3.51. The number of nitrogens with one attached hydrogen (secondary N) is 1. The van der Waals surface area contributed by atoms with Crippen LogP contribution >= 0.6 is 0 Å². The molecule has 2 aromatic rings. The summed E-state index contributed by atoms with van der Waals surface area (Å²) in [6.07, 6.45) is 2.04. The van der Waals surface area contributed by atoms with E-state index in [1.54, 1.807) is 0 Å². The Hall–Kier alpha value is -1.80. The molecule has 0 spiro atoms. The van der Waals surface area contributed by atoms with Crippen LogP contribution in [0.15, 0.2) is 48.5 Å². The van der Waals surface area contributed by atoms with Gasteiger partial charge in [-0.15, -0.1) is 0 Å². The third-order valence-corrected chi connectivity index (χ3v) is 3.75. The number of fused-ring (bicyclic) bond motifs is 1. The Morgan fingerprint density at radius 2 is 2.00 bits per heavy atom. The monoisotopic (exact) mass is 253 g/mol. The Morgan fingerprint density at radius 3 is 2.79 bits per heavy atom. The molecular formula is C17H19NO. The number of likely N-dealkylation sites (N-methyl/N-ethyl adjacent to an activating group) is 1. The highest BCUT2D eigenvalue weighted by Crippen LogP contribution is 2.29. The number of hydrogen-bond donors (Lipinski definition) is 1. The fourth-order valence-corrected chi connectivity index (χ4v) is 2.66. The summed E-state index contributed by atoms with van der Waals surface area (Å²) in [6, 6.07) is 17.5. The molecular weight excluding hydrogens is 234 g/mol. The van der Waals surface area contributed by atoms with Crippen molar-refractivity contribution in [1.29, 1.82) is 0 Å². The molecule has 1 N–H and O–H groups in total. The molecule has 1 aliphatic rings. The van der Waals surface area contributed by atoms with E-state index < -0.39 is 0 Å². The first-order chi connectivity index (χ1) is 9.36. The molecule has 3 rings (SSSR count). The SMILES string of the molecule is CNC(Cc1ccccc1)c1ccc2c(c1)CCO2. The summed E-state index contributed by atoms with van der Waals surface area (Å²) in [4.78, 5) is 0. The van der Waals surface area contributed by atoms with Crippen molar-refractivity contribution in [3.63, 3.8) is 0 Å². The Morgan fingerprint density at radius 1 is 1.16 bits per heavy atom. The second kappa shape index (κ2) is 5.45. The lowest BCUT2D eigenvalue weighted by atomic mass is 9.97. The summed E-state index contributed by atoms with van der Waals surface area (Å²) < 4.78 is 5.56. The lowest BCUT2D eigenvalue weighted by Gasteiger charge is -2.17. The van der Waals surface area contributed by atoms with Crippen LogP contribution in [-0.2, 0) is 12.8 Å². The van der Waals surface area contributed by atoms with Crippen molar-refractivity contribution in [3.8, 4) is 5.75 Å². The molecule has 98 valence electrons. The van der Waals surface area contributed by atoms with Crippen LogP contribution in [0.25, 0.3) is 0 Å². The van der Waals surface area contributed by atoms with Crippen LogP contribution in [0.5, 0.6) is 5.75 Å². The molecule has 1 unspecified atom stereocenters. The van der Waals surface area contributed by atoms with Crippen LogP contribution in [0, 0.1) is 0 Å². The molecule has 0 fully saturated rings. The summed E-state index contributed by atoms with van der Waals surface area (Å²) in [5, 5.41) is 3.42. The average Bonchev–Trinajstić information content (AvgIpc) is 2.93. The van der Waals surface area contributed by atoms with Gasteiger partial charge in [0.05, 0.1) is 6.61 Å². The van der Waals surface area contributed by atoms with Gasteiger partial charge in [0, 0.05) is 12.5 Å². The van der Waals surface area contributed by atoms with Crippen LogP contribution in [0.2, 0.25) is 0 Å². The second-order valence-corrected chi connectivity index (χ2v) is 5.00. The smallest absolute Gasteiger partial charge is 0.122 e. The average molecular weight is 253 g/mol. The largest absolute Gasteiger partial charge is 0.493 e. The molecule has 0 amide bonds. The number of ether oxygens (including phenoxy) is 1. The van der Waals surface area contributed by atoms with Gasteiger partial charge in [0.2, 0.25) is 0 Å². The number of rotatable bonds is 4. The van der Waals surface area contributed by atoms with Crippen LogP contribution in [0.4, 0.5) is 0 Å². The van der Waals surface area contributed by atoms with Gasteiger partial charge < -0.3 is 10.1 Å². The first-order valence-corrected chi connectivity index (χ1v) is 6.83. The third kappa shape index (κ3) is 2.64. The highest BCUT2D eigenvalue weighted by atomic mass is 16.5. The lowest BCUT2D eigenvalue weighted by Crippen LogP contribution is -2.18. The molecule has 1 atom stereocenters. The van der Waals surface area contributed by atoms with Crippen molar-refractivity contribution < 1.29 is 4.74 Å². The second-order valence-electron chi connectivity index (χ2n) is 5.00. The van der Waals surface area contributed by atoms with Gasteiger partial charge in [-0.25, -0.2) is 0 Å². The van der Waals surface area contributed by atoms with Crippen molar-refractivity contribution in [2.45, 2.75) is 18.9 Å². The quantitative estimate of drug-likeness (QED) is 0.904. The molecule has 0 aromatic heterocycles. The minimum atomic E-state index is 0.355. The van der Waals surface area contributed by atoms with E-state index in [-0.39, 0.29) is 0 Å². The summed E-state index contributed by atoms with van der Waals surface area (Å²) >= 11 is 0. The van der Waals surface area contributed by atoms with Crippen molar-refractivity contribution in [2.24, 2.45) is 0 Å². The summed E-state index contributed by atoms with van der Waals surface area (Å²) in [5.41, 5.74) is 4.04. The van der Waals surface area contributed by atoms with E-state index >= 15 is 0 Å². The molecule has 0 bridgehead atoms. The Balaban J connectivity index is 1.82. The van der Waals surface area contributed by atoms with Crippen LogP contribution in [-0.4, -0.2) is 13.7 Å². The summed E-state index contributed by atoms with van der Waals surface area (Å²) in [6.45, 7) is 0.821. The van der Waals surface area contributed by atoms with Gasteiger partial charge in [0.25, 0.3) is 0 Å². The zero-order valence-corrected chi connectivity index (χ0v) is 11.2. The molecule has 2 aromatic carbocycles. The lowest BCUT2D eigenvalue weighted by molar-refractivity contribution is 0.356. The van der Waals surface area contributed by atoms with Crippen molar-refractivity contribution >= 4 is 0 Å². The van der Waals surface area contributed by atoms with Gasteiger partial charge in [-0.05, 0) is 36.2 Å². The van der Waals surface area contributed by atoms with Gasteiger partial charge in [-0.3, -0.25) is 0 Å². The van der Waals surface area contributed by atoms with E-state index in [0.29, 0.717) is 6.04 Å². The maximum atomic E-state index is 5.56. The summed E-state index contributed by atoms with van der Waals surface area (Å²) in [5.74, 6) is 1.05. The molecule has 0 saturated carbocycles. The van der Waals surface area contributed by atoms with Crippen LogP contribution < -0.4 is 10.1 Å². The predicted molar refractivity (Wildman–Crippen MR) is 77.6 cm³/mol. The topological polar surface area (TPSA) is 21.3 Å². The van der Waals surface area contributed by atoms with E-state index in [1.807, 2.05) is 7.05 Å². The van der Waals surface area contributed by atoms with E-state index in [0.717, 1.165) is 25.2 Å². The third-order valence-electron chi connectivity index (χ3n) is 3.75. The van der Waals surface area contributed by atoms with Gasteiger partial charge >= 0.3 is 0 Å². The Bertz CT molecular complexity index is 550. The molecule has 0 saturated heterocycles. The fourth-order valence-electron chi connectivity index (χ4n) is 2.66.